The fourth-order valence-corrected chi connectivity index (χ4v) is 5.35. The van der Waals surface area contributed by atoms with Crippen molar-refractivity contribution in [3.05, 3.63) is 35.6 Å². The summed E-state index contributed by atoms with van der Waals surface area (Å²) in [6, 6.07) is 3.08. The van der Waals surface area contributed by atoms with Gasteiger partial charge in [-0.3, -0.25) is 4.90 Å². The number of fused-ring (bicyclic) bond motifs is 1. The summed E-state index contributed by atoms with van der Waals surface area (Å²) in [7, 11) is 0. The third-order valence-corrected chi connectivity index (χ3v) is 6.96. The van der Waals surface area contributed by atoms with Gasteiger partial charge in [-0.05, 0) is 49.7 Å². The van der Waals surface area contributed by atoms with E-state index in [9.17, 15) is 0 Å². The molecule has 0 radical (unpaired) electrons. The molecule has 0 aromatic carbocycles. The number of nitrogens with zero attached hydrogens (tertiary/aromatic N) is 3. The topological polar surface area (TPSA) is 54.0 Å². The first-order valence-corrected chi connectivity index (χ1v) is 10.9. The first-order valence-electron chi connectivity index (χ1n) is 10.1. The molecule has 2 fully saturated rings. The van der Waals surface area contributed by atoms with Crippen LogP contribution in [0.4, 0.5) is 0 Å². The van der Waals surface area contributed by atoms with E-state index < -0.39 is 0 Å². The van der Waals surface area contributed by atoms with Gasteiger partial charge in [-0.2, -0.15) is 0 Å². The molecule has 1 saturated carbocycles. The van der Waals surface area contributed by atoms with Crippen LogP contribution in [0, 0.1) is 0 Å². The van der Waals surface area contributed by atoms with E-state index in [-0.39, 0.29) is 0 Å². The van der Waals surface area contributed by atoms with Crippen molar-refractivity contribution in [1.82, 2.24) is 19.9 Å². The monoisotopic (exact) mass is 382 g/mol. The van der Waals surface area contributed by atoms with E-state index in [1.165, 1.54) is 55.2 Å². The smallest absolute Gasteiger partial charge is 0.137 e. The van der Waals surface area contributed by atoms with Crippen molar-refractivity contribution in [1.29, 1.82) is 0 Å². The van der Waals surface area contributed by atoms with Crippen molar-refractivity contribution < 1.29 is 4.74 Å². The molecule has 0 amide bonds. The Morgan fingerprint density at radius 3 is 2.89 bits per heavy atom. The van der Waals surface area contributed by atoms with Crippen molar-refractivity contribution in [3.63, 3.8) is 0 Å². The molecule has 0 atom stereocenters. The summed E-state index contributed by atoms with van der Waals surface area (Å²) in [6.45, 7) is 4.12. The van der Waals surface area contributed by atoms with Crippen LogP contribution in [0.3, 0.4) is 0 Å². The van der Waals surface area contributed by atoms with Crippen LogP contribution in [-0.2, 0) is 4.74 Å². The highest BCUT2D eigenvalue weighted by atomic mass is 32.1. The predicted molar refractivity (Wildman–Crippen MR) is 109 cm³/mol. The minimum Gasteiger partial charge on any atom is -0.380 e. The van der Waals surface area contributed by atoms with Gasteiger partial charge in [-0.25, -0.2) is 9.97 Å². The van der Waals surface area contributed by atoms with Crippen LogP contribution >= 0.6 is 11.3 Å². The normalized spacial score (nSPS) is 24.9. The Balaban J connectivity index is 1.32. The van der Waals surface area contributed by atoms with Gasteiger partial charge in [-0.15, -0.1) is 11.3 Å². The molecule has 0 unspecified atom stereocenters. The molecular weight excluding hydrogens is 356 g/mol. The van der Waals surface area contributed by atoms with E-state index in [1.54, 1.807) is 11.3 Å². The van der Waals surface area contributed by atoms with E-state index in [1.807, 2.05) is 17.8 Å². The molecule has 1 aliphatic carbocycles. The van der Waals surface area contributed by atoms with Gasteiger partial charge in [0.2, 0.25) is 0 Å². The number of nitrogens with one attached hydrogen (secondary N) is 1. The van der Waals surface area contributed by atoms with Crippen molar-refractivity contribution in [2.45, 2.75) is 44.1 Å². The highest BCUT2D eigenvalue weighted by Gasteiger charge is 2.27. The summed E-state index contributed by atoms with van der Waals surface area (Å²) in [4.78, 5) is 15.1. The van der Waals surface area contributed by atoms with Gasteiger partial charge in [0.1, 0.15) is 10.7 Å². The fraction of sp³-hybridized carbons (Fsp3) is 0.524. The summed E-state index contributed by atoms with van der Waals surface area (Å²) in [5.41, 5.74) is 3.52. The second-order valence-electron chi connectivity index (χ2n) is 7.71. The zero-order chi connectivity index (χ0) is 18.1. The lowest BCUT2D eigenvalue weighted by Crippen LogP contribution is -2.39. The number of rotatable bonds is 3. The molecule has 3 aromatic heterocycles. The Morgan fingerprint density at radius 2 is 2.04 bits per heavy atom. The first kappa shape index (κ1) is 17.3. The van der Waals surface area contributed by atoms with Gasteiger partial charge >= 0.3 is 0 Å². The summed E-state index contributed by atoms with van der Waals surface area (Å²) < 4.78 is 5.62. The molecule has 142 valence electrons. The third kappa shape index (κ3) is 3.53. The number of hydrogen-bond donors (Lipinski definition) is 1. The molecule has 1 aliphatic heterocycles. The molecule has 1 saturated heterocycles. The van der Waals surface area contributed by atoms with Crippen LogP contribution in [0.5, 0.6) is 0 Å². The third-order valence-electron chi connectivity index (χ3n) is 6.16. The van der Waals surface area contributed by atoms with E-state index in [4.69, 9.17) is 9.72 Å². The van der Waals surface area contributed by atoms with Crippen LogP contribution in [0.15, 0.2) is 30.0 Å². The van der Waals surface area contributed by atoms with Crippen LogP contribution in [0.25, 0.3) is 21.6 Å². The molecule has 0 spiro atoms. The van der Waals surface area contributed by atoms with E-state index in [0.717, 1.165) is 36.5 Å². The van der Waals surface area contributed by atoms with Crippen LogP contribution in [-0.4, -0.2) is 52.2 Å². The highest BCUT2D eigenvalue weighted by Crippen LogP contribution is 2.37. The largest absolute Gasteiger partial charge is 0.380 e. The van der Waals surface area contributed by atoms with E-state index in [0.29, 0.717) is 5.92 Å². The van der Waals surface area contributed by atoms with Gasteiger partial charge in [0.05, 0.1) is 6.61 Å². The fourth-order valence-electron chi connectivity index (χ4n) is 4.68. The van der Waals surface area contributed by atoms with E-state index >= 15 is 0 Å². The predicted octanol–water partition coefficient (Wildman–Crippen LogP) is 4.43. The number of aromatic amines is 1. The quantitative estimate of drug-likeness (QED) is 0.728. The molecule has 1 N–H and O–H groups in total. The second-order valence-corrected chi connectivity index (χ2v) is 8.61. The van der Waals surface area contributed by atoms with Gasteiger partial charge in [0.15, 0.2) is 0 Å². The average molecular weight is 383 g/mol. The lowest BCUT2D eigenvalue weighted by Gasteiger charge is -2.36. The maximum atomic E-state index is 5.62. The molecule has 0 bridgehead atoms. The number of aromatic nitrogens is 3. The maximum Gasteiger partial charge on any atom is 0.137 e. The van der Waals surface area contributed by atoms with Gasteiger partial charge in [-0.1, -0.05) is 0 Å². The van der Waals surface area contributed by atoms with Crippen molar-refractivity contribution in [2.75, 3.05) is 26.3 Å². The van der Waals surface area contributed by atoms with Crippen molar-refractivity contribution in [3.8, 4) is 10.6 Å². The van der Waals surface area contributed by atoms with Crippen LogP contribution in [0.1, 0.15) is 43.6 Å². The molecule has 27 heavy (non-hydrogen) atoms. The van der Waals surface area contributed by atoms with Crippen molar-refractivity contribution in [2.24, 2.45) is 0 Å². The zero-order valence-electron chi connectivity index (χ0n) is 15.6. The Labute approximate surface area is 163 Å². The molecule has 2 aliphatic rings. The van der Waals surface area contributed by atoms with E-state index in [2.05, 4.69) is 27.1 Å². The number of ether oxygens (including phenoxy) is 1. The van der Waals surface area contributed by atoms with Crippen LogP contribution in [0.2, 0.25) is 0 Å². The summed E-state index contributed by atoms with van der Waals surface area (Å²) in [5, 5.41) is 4.29. The number of H-pyrrole nitrogens is 1. The van der Waals surface area contributed by atoms with Gasteiger partial charge < -0.3 is 9.72 Å². The SMILES string of the molecule is c1csc(-c2c[nH]c3ncc([C@H]4CC[C@H](N5CCCOCC5)CC4)cc23)n1. The minimum atomic E-state index is 0.625. The summed E-state index contributed by atoms with van der Waals surface area (Å²) >= 11 is 1.68. The number of thiazole rings is 1. The highest BCUT2D eigenvalue weighted by molar-refractivity contribution is 7.13. The zero-order valence-corrected chi connectivity index (χ0v) is 16.4. The lowest BCUT2D eigenvalue weighted by molar-refractivity contribution is 0.118. The van der Waals surface area contributed by atoms with Gasteiger partial charge in [0.25, 0.3) is 0 Å². The molecule has 3 aromatic rings. The standard InChI is InChI=1S/C21H26N4OS/c1-7-25(8-10-26-9-1)17-4-2-15(3-5-17)16-12-18-19(21-22-6-11-27-21)14-24-20(18)23-13-16/h6,11-15,17H,1-5,7-10H2,(H,23,24)/t15-,17-. The summed E-state index contributed by atoms with van der Waals surface area (Å²) in [6.07, 6.45) is 12.2. The molecule has 4 heterocycles. The lowest BCUT2D eigenvalue weighted by atomic mass is 9.81. The Kier molecular flexibility index (Phi) is 4.95. The molecule has 5 rings (SSSR count). The Hall–Kier alpha value is -1.76. The molecule has 6 heteroatoms. The summed E-state index contributed by atoms with van der Waals surface area (Å²) in [5.74, 6) is 0.625. The molecule has 5 nitrogen and oxygen atoms in total. The second kappa shape index (κ2) is 7.70. The first-order chi connectivity index (χ1) is 13.4. The average Bonchev–Trinajstić information content (AvgIpc) is 3.30. The van der Waals surface area contributed by atoms with Crippen LogP contribution < -0.4 is 0 Å². The Morgan fingerprint density at radius 1 is 1.11 bits per heavy atom. The number of hydrogen-bond acceptors (Lipinski definition) is 5. The molecular formula is C21H26N4OS. The maximum absolute atomic E-state index is 5.62. The van der Waals surface area contributed by atoms with Crippen molar-refractivity contribution >= 4 is 22.4 Å². The van der Waals surface area contributed by atoms with Gasteiger partial charge in [0, 0.05) is 60.7 Å². The minimum absolute atomic E-state index is 0.625. The Bertz CT molecular complexity index is 875. The number of pyridine rings is 1.